The summed E-state index contributed by atoms with van der Waals surface area (Å²) >= 11 is 1.57. The maximum Gasteiger partial charge on any atom is 0.254 e. The lowest BCUT2D eigenvalue weighted by molar-refractivity contribution is 0.0730. The minimum absolute atomic E-state index is 0.0988. The van der Waals surface area contributed by atoms with Gasteiger partial charge in [0.25, 0.3) is 5.91 Å². The van der Waals surface area contributed by atoms with Crippen LogP contribution in [0.5, 0.6) is 0 Å². The lowest BCUT2D eigenvalue weighted by atomic mass is 10.1. The maximum absolute atomic E-state index is 12.9. The van der Waals surface area contributed by atoms with Gasteiger partial charge >= 0.3 is 0 Å². The molecule has 0 radical (unpaired) electrons. The third kappa shape index (κ3) is 2.50. The normalized spacial score (nSPS) is 14.4. The second-order valence-corrected chi connectivity index (χ2v) is 6.61. The summed E-state index contributed by atoms with van der Waals surface area (Å²) in [5, 5.41) is 4.19. The molecule has 0 saturated heterocycles. The number of amides is 1. The molecule has 1 saturated carbocycles. The molecule has 0 atom stereocenters. The Hall–Kier alpha value is -2.21. The number of hydrogen-bond donors (Lipinski definition) is 0. The summed E-state index contributed by atoms with van der Waals surface area (Å²) in [7, 11) is 1.89. The van der Waals surface area contributed by atoms with E-state index in [1.54, 1.807) is 16.0 Å². The fraction of sp³-hybridized carbons (Fsp3) is 0.312. The summed E-state index contributed by atoms with van der Waals surface area (Å²) in [6, 6.07) is 6.12. The number of carbonyl (C=O) groups is 1. The molecule has 0 spiro atoms. The van der Waals surface area contributed by atoms with Crippen LogP contribution in [0.25, 0.3) is 10.2 Å². The van der Waals surface area contributed by atoms with E-state index in [0.717, 1.165) is 34.2 Å². The highest BCUT2D eigenvalue weighted by atomic mass is 32.1. The molecule has 1 aliphatic rings. The van der Waals surface area contributed by atoms with Gasteiger partial charge in [-0.25, -0.2) is 4.98 Å². The Morgan fingerprint density at radius 1 is 1.45 bits per heavy atom. The monoisotopic (exact) mass is 312 g/mol. The Bertz CT molecular complexity index is 833. The average Bonchev–Trinajstić information content (AvgIpc) is 3.10. The Balaban J connectivity index is 1.62. The van der Waals surface area contributed by atoms with E-state index < -0.39 is 0 Å². The van der Waals surface area contributed by atoms with Crippen molar-refractivity contribution >= 4 is 27.5 Å². The molecule has 2 aromatic heterocycles. The van der Waals surface area contributed by atoms with Crippen LogP contribution < -0.4 is 0 Å². The number of aryl methyl sites for hydroxylation is 1. The molecular weight excluding hydrogens is 296 g/mol. The highest BCUT2D eigenvalue weighted by molar-refractivity contribution is 7.16. The van der Waals surface area contributed by atoms with Gasteiger partial charge in [0.05, 0.1) is 21.9 Å². The number of nitrogens with zero attached hydrogens (tertiary/aromatic N) is 4. The van der Waals surface area contributed by atoms with Crippen LogP contribution in [0.1, 0.15) is 28.8 Å². The van der Waals surface area contributed by atoms with Crippen molar-refractivity contribution in [2.24, 2.45) is 7.05 Å². The number of fused-ring (bicyclic) bond motifs is 1. The smallest absolute Gasteiger partial charge is 0.254 e. The van der Waals surface area contributed by atoms with Crippen LogP contribution in [0.15, 0.2) is 36.1 Å². The molecule has 3 aromatic rings. The van der Waals surface area contributed by atoms with Crippen LogP contribution in [0.3, 0.4) is 0 Å². The summed E-state index contributed by atoms with van der Waals surface area (Å²) in [5.41, 5.74) is 4.58. The van der Waals surface area contributed by atoms with E-state index >= 15 is 0 Å². The fourth-order valence-electron chi connectivity index (χ4n) is 2.66. The Morgan fingerprint density at radius 2 is 2.32 bits per heavy atom. The third-order valence-corrected chi connectivity index (χ3v) is 4.73. The van der Waals surface area contributed by atoms with Gasteiger partial charge in [0, 0.05) is 37.0 Å². The van der Waals surface area contributed by atoms with Gasteiger partial charge in [0.2, 0.25) is 0 Å². The molecule has 1 aromatic carbocycles. The molecule has 6 heteroatoms. The lowest BCUT2D eigenvalue weighted by Crippen LogP contribution is -2.32. The first-order valence-corrected chi connectivity index (χ1v) is 8.20. The van der Waals surface area contributed by atoms with Crippen molar-refractivity contribution in [2.75, 3.05) is 0 Å². The van der Waals surface area contributed by atoms with Crippen molar-refractivity contribution in [3.8, 4) is 0 Å². The van der Waals surface area contributed by atoms with Crippen molar-refractivity contribution in [3.63, 3.8) is 0 Å². The summed E-state index contributed by atoms with van der Waals surface area (Å²) in [6.07, 6.45) is 5.98. The van der Waals surface area contributed by atoms with E-state index in [9.17, 15) is 4.79 Å². The van der Waals surface area contributed by atoms with Gasteiger partial charge in [-0.15, -0.1) is 11.3 Å². The van der Waals surface area contributed by atoms with E-state index in [-0.39, 0.29) is 5.91 Å². The number of carbonyl (C=O) groups excluding carboxylic acids is 1. The van der Waals surface area contributed by atoms with Gasteiger partial charge in [-0.05, 0) is 31.0 Å². The molecule has 1 amide bonds. The third-order valence-electron chi connectivity index (χ3n) is 3.94. The first-order valence-electron chi connectivity index (χ1n) is 7.32. The fourth-order valence-corrected chi connectivity index (χ4v) is 3.37. The average molecular weight is 312 g/mol. The molecule has 5 nitrogen and oxygen atoms in total. The van der Waals surface area contributed by atoms with Gasteiger partial charge < -0.3 is 4.90 Å². The largest absolute Gasteiger partial charge is 0.331 e. The summed E-state index contributed by atoms with van der Waals surface area (Å²) in [4.78, 5) is 19.1. The molecule has 1 fully saturated rings. The van der Waals surface area contributed by atoms with Crippen LogP contribution in [-0.4, -0.2) is 31.6 Å². The van der Waals surface area contributed by atoms with Gasteiger partial charge in [-0.2, -0.15) is 5.10 Å². The minimum Gasteiger partial charge on any atom is -0.331 e. The van der Waals surface area contributed by atoms with E-state index in [1.165, 1.54) is 0 Å². The van der Waals surface area contributed by atoms with Crippen molar-refractivity contribution in [3.05, 3.63) is 47.2 Å². The molecule has 0 bridgehead atoms. The van der Waals surface area contributed by atoms with Gasteiger partial charge in [-0.3, -0.25) is 9.48 Å². The predicted molar refractivity (Wildman–Crippen MR) is 85.7 cm³/mol. The molecule has 112 valence electrons. The Labute approximate surface area is 132 Å². The first kappa shape index (κ1) is 13.5. The standard InChI is InChI=1S/C16H16N4OS/c1-19-8-11(7-18-19)9-20(13-3-4-13)16(21)12-2-5-14-15(6-12)22-10-17-14/h2,5-8,10,13H,3-4,9H2,1H3. The zero-order valence-electron chi connectivity index (χ0n) is 12.3. The van der Waals surface area contributed by atoms with Crippen LogP contribution in [0.4, 0.5) is 0 Å². The van der Waals surface area contributed by atoms with Crippen LogP contribution in [0, 0.1) is 0 Å². The molecular formula is C16H16N4OS. The molecule has 2 heterocycles. The minimum atomic E-state index is 0.0988. The second kappa shape index (κ2) is 5.21. The van der Waals surface area contributed by atoms with Crippen molar-refractivity contribution in [1.82, 2.24) is 19.7 Å². The Kier molecular flexibility index (Phi) is 3.18. The quantitative estimate of drug-likeness (QED) is 0.744. The molecule has 22 heavy (non-hydrogen) atoms. The number of aromatic nitrogens is 3. The summed E-state index contributed by atoms with van der Waals surface area (Å²) in [6.45, 7) is 0.623. The predicted octanol–water partition coefficient (Wildman–Crippen LogP) is 2.83. The molecule has 4 rings (SSSR count). The molecule has 1 aliphatic carbocycles. The molecule has 0 N–H and O–H groups in total. The van der Waals surface area contributed by atoms with Crippen LogP contribution in [0.2, 0.25) is 0 Å². The lowest BCUT2D eigenvalue weighted by Gasteiger charge is -2.22. The zero-order chi connectivity index (χ0) is 15.1. The van der Waals surface area contributed by atoms with Crippen LogP contribution in [-0.2, 0) is 13.6 Å². The van der Waals surface area contributed by atoms with E-state index in [1.807, 2.05) is 48.1 Å². The first-order chi connectivity index (χ1) is 10.7. The molecule has 0 unspecified atom stereocenters. The number of hydrogen-bond acceptors (Lipinski definition) is 4. The van der Waals surface area contributed by atoms with Gasteiger partial charge in [-0.1, -0.05) is 0 Å². The van der Waals surface area contributed by atoms with Gasteiger partial charge in [0.15, 0.2) is 0 Å². The topological polar surface area (TPSA) is 51.0 Å². The van der Waals surface area contributed by atoms with E-state index in [0.29, 0.717) is 12.6 Å². The highest BCUT2D eigenvalue weighted by Gasteiger charge is 2.33. The summed E-state index contributed by atoms with van der Waals surface area (Å²) < 4.78 is 2.83. The highest BCUT2D eigenvalue weighted by Crippen LogP contribution is 2.30. The Morgan fingerprint density at radius 3 is 3.05 bits per heavy atom. The maximum atomic E-state index is 12.9. The second-order valence-electron chi connectivity index (χ2n) is 5.72. The van der Waals surface area contributed by atoms with Crippen LogP contribution >= 0.6 is 11.3 Å². The van der Waals surface area contributed by atoms with E-state index in [2.05, 4.69) is 10.1 Å². The number of thiazole rings is 1. The summed E-state index contributed by atoms with van der Waals surface area (Å²) in [5.74, 6) is 0.0988. The molecule has 0 aliphatic heterocycles. The van der Waals surface area contributed by atoms with Crippen molar-refractivity contribution < 1.29 is 4.79 Å². The zero-order valence-corrected chi connectivity index (χ0v) is 13.1. The van der Waals surface area contributed by atoms with Crippen molar-refractivity contribution in [2.45, 2.75) is 25.4 Å². The van der Waals surface area contributed by atoms with Crippen molar-refractivity contribution in [1.29, 1.82) is 0 Å². The SMILES string of the molecule is Cn1cc(CN(C(=O)c2ccc3ncsc3c2)C2CC2)cn1. The van der Waals surface area contributed by atoms with E-state index in [4.69, 9.17) is 0 Å². The number of rotatable bonds is 4. The van der Waals surface area contributed by atoms with Gasteiger partial charge in [0.1, 0.15) is 0 Å². The number of benzene rings is 1.